The van der Waals surface area contributed by atoms with Crippen molar-refractivity contribution in [2.24, 2.45) is 0 Å². The number of rotatable bonds is 3. The van der Waals surface area contributed by atoms with Crippen LogP contribution in [-0.4, -0.2) is 11.8 Å². The van der Waals surface area contributed by atoms with Crippen LogP contribution >= 0.6 is 22.9 Å². The van der Waals surface area contributed by atoms with Crippen molar-refractivity contribution in [1.82, 2.24) is 0 Å². The molecular formula is C12H10ClNOS. The summed E-state index contributed by atoms with van der Waals surface area (Å²) in [6.45, 7) is 0. The lowest BCUT2D eigenvalue weighted by atomic mass is 10.1. The molecule has 0 radical (unpaired) electrons. The first-order valence-electron chi connectivity index (χ1n) is 4.79. The highest BCUT2D eigenvalue weighted by Crippen LogP contribution is 2.28. The van der Waals surface area contributed by atoms with Crippen molar-refractivity contribution >= 4 is 33.8 Å². The molecule has 0 atom stereocenters. The SMILES string of the molecule is O=C(CCl)Nc1cc(-c2ccccc2)cs1. The molecule has 1 N–H and O–H groups in total. The number of hydrogen-bond donors (Lipinski definition) is 1. The lowest BCUT2D eigenvalue weighted by Gasteiger charge is -1.97. The Bertz CT molecular complexity index is 481. The van der Waals surface area contributed by atoms with Crippen molar-refractivity contribution in [3.05, 3.63) is 41.8 Å². The Morgan fingerprint density at radius 1 is 1.25 bits per heavy atom. The molecule has 16 heavy (non-hydrogen) atoms. The summed E-state index contributed by atoms with van der Waals surface area (Å²) in [5.41, 5.74) is 2.25. The van der Waals surface area contributed by atoms with Gasteiger partial charge in [0, 0.05) is 5.38 Å². The lowest BCUT2D eigenvalue weighted by molar-refractivity contribution is -0.113. The third-order valence-corrected chi connectivity index (χ3v) is 3.18. The number of halogens is 1. The van der Waals surface area contributed by atoms with Crippen molar-refractivity contribution in [2.45, 2.75) is 0 Å². The average molecular weight is 252 g/mol. The maximum atomic E-state index is 11.1. The highest BCUT2D eigenvalue weighted by molar-refractivity contribution is 7.14. The molecule has 0 aliphatic heterocycles. The minimum atomic E-state index is -0.178. The minimum Gasteiger partial charge on any atom is -0.317 e. The molecule has 0 bridgehead atoms. The van der Waals surface area contributed by atoms with Crippen LogP contribution in [-0.2, 0) is 4.79 Å². The van der Waals surface area contributed by atoms with Gasteiger partial charge >= 0.3 is 0 Å². The Kier molecular flexibility index (Phi) is 3.59. The zero-order chi connectivity index (χ0) is 11.4. The Morgan fingerprint density at radius 3 is 2.69 bits per heavy atom. The van der Waals surface area contributed by atoms with Crippen molar-refractivity contribution in [3.8, 4) is 11.1 Å². The van der Waals surface area contributed by atoms with E-state index < -0.39 is 0 Å². The van der Waals surface area contributed by atoms with E-state index in [0.717, 1.165) is 16.1 Å². The molecule has 82 valence electrons. The largest absolute Gasteiger partial charge is 0.317 e. The van der Waals surface area contributed by atoms with Gasteiger partial charge in [-0.3, -0.25) is 4.79 Å². The molecule has 2 rings (SSSR count). The molecule has 2 nitrogen and oxygen atoms in total. The fraction of sp³-hybridized carbons (Fsp3) is 0.0833. The molecule has 0 unspecified atom stereocenters. The summed E-state index contributed by atoms with van der Waals surface area (Å²) in [6, 6.07) is 12.0. The van der Waals surface area contributed by atoms with Gasteiger partial charge in [0.05, 0.1) is 5.00 Å². The summed E-state index contributed by atoms with van der Waals surface area (Å²) >= 11 is 6.92. The zero-order valence-electron chi connectivity index (χ0n) is 8.44. The van der Waals surface area contributed by atoms with Crippen molar-refractivity contribution < 1.29 is 4.79 Å². The van der Waals surface area contributed by atoms with E-state index in [2.05, 4.69) is 5.32 Å². The fourth-order valence-electron chi connectivity index (χ4n) is 1.35. The first-order valence-corrected chi connectivity index (χ1v) is 6.21. The van der Waals surface area contributed by atoms with Gasteiger partial charge in [-0.15, -0.1) is 22.9 Å². The van der Waals surface area contributed by atoms with Crippen LogP contribution in [0.3, 0.4) is 0 Å². The highest BCUT2D eigenvalue weighted by atomic mass is 35.5. The van der Waals surface area contributed by atoms with Crippen LogP contribution in [0.15, 0.2) is 41.8 Å². The molecular weight excluding hydrogens is 242 g/mol. The number of hydrogen-bond acceptors (Lipinski definition) is 2. The molecule has 0 aliphatic rings. The third kappa shape index (κ3) is 2.62. The van der Waals surface area contributed by atoms with Crippen LogP contribution in [0.5, 0.6) is 0 Å². The molecule has 1 heterocycles. The smallest absolute Gasteiger partial charge is 0.239 e. The van der Waals surface area contributed by atoms with E-state index >= 15 is 0 Å². The number of anilines is 1. The van der Waals surface area contributed by atoms with Crippen LogP contribution < -0.4 is 5.32 Å². The summed E-state index contributed by atoms with van der Waals surface area (Å²) in [4.78, 5) is 11.1. The van der Waals surface area contributed by atoms with E-state index in [1.165, 1.54) is 11.3 Å². The number of benzene rings is 1. The van der Waals surface area contributed by atoms with Gasteiger partial charge in [0.25, 0.3) is 0 Å². The molecule has 1 aromatic heterocycles. The zero-order valence-corrected chi connectivity index (χ0v) is 10.0. The van der Waals surface area contributed by atoms with Crippen molar-refractivity contribution in [3.63, 3.8) is 0 Å². The normalized spacial score (nSPS) is 10.1. The van der Waals surface area contributed by atoms with Gasteiger partial charge in [0.1, 0.15) is 5.88 Å². The Hall–Kier alpha value is -1.32. The van der Waals surface area contributed by atoms with Crippen LogP contribution in [0.1, 0.15) is 0 Å². The van der Waals surface area contributed by atoms with Gasteiger partial charge in [-0.05, 0) is 17.2 Å². The molecule has 0 saturated carbocycles. The first-order chi connectivity index (χ1) is 7.79. The lowest BCUT2D eigenvalue weighted by Crippen LogP contribution is -2.11. The molecule has 4 heteroatoms. The van der Waals surface area contributed by atoms with Crippen LogP contribution in [0.2, 0.25) is 0 Å². The maximum Gasteiger partial charge on any atom is 0.239 e. The number of amides is 1. The second-order valence-electron chi connectivity index (χ2n) is 3.25. The maximum absolute atomic E-state index is 11.1. The van der Waals surface area contributed by atoms with Gasteiger partial charge < -0.3 is 5.32 Å². The first kappa shape index (κ1) is 11.2. The minimum absolute atomic E-state index is 0.0153. The third-order valence-electron chi connectivity index (χ3n) is 2.09. The second kappa shape index (κ2) is 5.14. The van der Waals surface area contributed by atoms with E-state index in [4.69, 9.17) is 11.6 Å². The predicted octanol–water partition coefficient (Wildman–Crippen LogP) is 3.59. The Morgan fingerprint density at radius 2 is 2.00 bits per heavy atom. The second-order valence-corrected chi connectivity index (χ2v) is 4.43. The van der Waals surface area contributed by atoms with Gasteiger partial charge in [-0.25, -0.2) is 0 Å². The molecule has 0 saturated heterocycles. The number of carbonyl (C=O) groups excluding carboxylic acids is 1. The predicted molar refractivity (Wildman–Crippen MR) is 69.1 cm³/mol. The molecule has 0 spiro atoms. The van der Waals surface area contributed by atoms with Gasteiger partial charge in [0.2, 0.25) is 5.91 Å². The summed E-state index contributed by atoms with van der Waals surface area (Å²) in [7, 11) is 0. The molecule has 1 aromatic carbocycles. The van der Waals surface area contributed by atoms with Gasteiger partial charge in [0.15, 0.2) is 0 Å². The van der Waals surface area contributed by atoms with Gasteiger partial charge in [-0.2, -0.15) is 0 Å². The average Bonchev–Trinajstić information content (AvgIpc) is 2.78. The molecule has 0 fully saturated rings. The van der Waals surface area contributed by atoms with E-state index in [1.54, 1.807) is 0 Å². The van der Waals surface area contributed by atoms with Crippen molar-refractivity contribution in [2.75, 3.05) is 11.2 Å². The molecule has 1 amide bonds. The molecule has 0 aliphatic carbocycles. The number of alkyl halides is 1. The van der Waals surface area contributed by atoms with Crippen LogP contribution in [0.25, 0.3) is 11.1 Å². The van der Waals surface area contributed by atoms with E-state index in [1.807, 2.05) is 41.8 Å². The topological polar surface area (TPSA) is 29.1 Å². The van der Waals surface area contributed by atoms with Gasteiger partial charge in [-0.1, -0.05) is 30.3 Å². The van der Waals surface area contributed by atoms with E-state index in [0.29, 0.717) is 0 Å². The van der Waals surface area contributed by atoms with Crippen molar-refractivity contribution in [1.29, 1.82) is 0 Å². The standard InChI is InChI=1S/C12H10ClNOS/c13-7-11(15)14-12-6-10(8-16-12)9-4-2-1-3-5-9/h1-6,8H,7H2,(H,14,15). The number of nitrogens with one attached hydrogen (secondary N) is 1. The van der Waals surface area contributed by atoms with E-state index in [-0.39, 0.29) is 11.8 Å². The van der Waals surface area contributed by atoms with Crippen LogP contribution in [0, 0.1) is 0 Å². The number of carbonyl (C=O) groups is 1. The summed E-state index contributed by atoms with van der Waals surface area (Å²) in [5.74, 6) is -0.193. The van der Waals surface area contributed by atoms with Crippen LogP contribution in [0.4, 0.5) is 5.00 Å². The number of thiophene rings is 1. The Balaban J connectivity index is 2.17. The quantitative estimate of drug-likeness (QED) is 0.830. The monoisotopic (exact) mass is 251 g/mol. The highest BCUT2D eigenvalue weighted by Gasteiger charge is 2.04. The summed E-state index contributed by atoms with van der Waals surface area (Å²) in [6.07, 6.45) is 0. The summed E-state index contributed by atoms with van der Waals surface area (Å²) in [5, 5.41) is 5.57. The molecule has 2 aromatic rings. The Labute approximate surface area is 103 Å². The fourth-order valence-corrected chi connectivity index (χ4v) is 2.25. The van der Waals surface area contributed by atoms with E-state index in [9.17, 15) is 4.79 Å². The summed E-state index contributed by atoms with van der Waals surface area (Å²) < 4.78 is 0.